The maximum atomic E-state index is 11.6. The second kappa shape index (κ2) is 4.46. The van der Waals surface area contributed by atoms with Gasteiger partial charge in [-0.2, -0.15) is 0 Å². The molecule has 3 nitrogen and oxygen atoms in total. The lowest BCUT2D eigenvalue weighted by Crippen LogP contribution is -2.17. The van der Waals surface area contributed by atoms with Gasteiger partial charge < -0.3 is 10.1 Å². The number of ketones is 1. The third kappa shape index (κ3) is 2.47. The molecule has 2 rings (SSSR count). The Morgan fingerprint density at radius 2 is 2.13 bits per heavy atom. The van der Waals surface area contributed by atoms with Crippen molar-refractivity contribution in [1.82, 2.24) is 5.32 Å². The first-order valence-corrected chi connectivity index (χ1v) is 4.70. The van der Waals surface area contributed by atoms with Crippen LogP contribution in [0.5, 0.6) is 0 Å². The number of ether oxygens (including phenoxy) is 1. The first-order chi connectivity index (χ1) is 7.36. The standard InChI is InChI=1S/C12H11NO2/c14-11(10-4-2-1-3-5-10)6-7-12-13-8-9-15-12/h1-9,12-13H/b7-6+. The molecular weight excluding hydrogens is 190 g/mol. The highest BCUT2D eigenvalue weighted by Gasteiger charge is 2.06. The van der Waals surface area contributed by atoms with Gasteiger partial charge in [-0.25, -0.2) is 0 Å². The Hall–Kier alpha value is -2.03. The van der Waals surface area contributed by atoms with E-state index in [9.17, 15) is 4.79 Å². The molecule has 1 heterocycles. The zero-order valence-electron chi connectivity index (χ0n) is 8.09. The smallest absolute Gasteiger partial charge is 0.188 e. The Bertz CT molecular complexity index is 387. The van der Waals surface area contributed by atoms with Crippen LogP contribution in [-0.2, 0) is 4.74 Å². The fourth-order valence-corrected chi connectivity index (χ4v) is 1.27. The second-order valence-electron chi connectivity index (χ2n) is 3.12. The molecule has 1 N–H and O–H groups in total. The van der Waals surface area contributed by atoms with Crippen molar-refractivity contribution in [3.8, 4) is 0 Å². The van der Waals surface area contributed by atoms with Crippen molar-refractivity contribution in [3.63, 3.8) is 0 Å². The molecule has 1 unspecified atom stereocenters. The molecule has 0 radical (unpaired) electrons. The average Bonchev–Trinajstić information content (AvgIpc) is 2.80. The molecule has 0 saturated heterocycles. The third-order valence-corrected chi connectivity index (χ3v) is 2.03. The maximum Gasteiger partial charge on any atom is 0.188 e. The van der Waals surface area contributed by atoms with Crippen molar-refractivity contribution in [2.45, 2.75) is 6.23 Å². The van der Waals surface area contributed by atoms with Crippen LogP contribution in [0.1, 0.15) is 10.4 Å². The van der Waals surface area contributed by atoms with Crippen molar-refractivity contribution in [2.75, 3.05) is 0 Å². The minimum Gasteiger partial charge on any atom is -0.473 e. The summed E-state index contributed by atoms with van der Waals surface area (Å²) in [5.41, 5.74) is 0.680. The van der Waals surface area contributed by atoms with Crippen LogP contribution in [0.3, 0.4) is 0 Å². The van der Waals surface area contributed by atoms with Gasteiger partial charge in [0.2, 0.25) is 0 Å². The van der Waals surface area contributed by atoms with E-state index in [1.54, 1.807) is 30.7 Å². The van der Waals surface area contributed by atoms with Crippen LogP contribution in [0.2, 0.25) is 0 Å². The molecule has 0 spiro atoms. The zero-order chi connectivity index (χ0) is 10.5. The highest BCUT2D eigenvalue weighted by molar-refractivity contribution is 6.04. The lowest BCUT2D eigenvalue weighted by atomic mass is 10.1. The monoisotopic (exact) mass is 201 g/mol. The Morgan fingerprint density at radius 3 is 2.80 bits per heavy atom. The quantitative estimate of drug-likeness (QED) is 0.599. The predicted octanol–water partition coefficient (Wildman–Crippen LogP) is 1.84. The predicted molar refractivity (Wildman–Crippen MR) is 57.1 cm³/mol. The molecule has 0 fully saturated rings. The molecule has 1 aliphatic rings. The summed E-state index contributed by atoms with van der Waals surface area (Å²) in [4.78, 5) is 11.6. The first-order valence-electron chi connectivity index (χ1n) is 4.70. The fourth-order valence-electron chi connectivity index (χ4n) is 1.27. The van der Waals surface area contributed by atoms with Crippen LogP contribution >= 0.6 is 0 Å². The van der Waals surface area contributed by atoms with Gasteiger partial charge >= 0.3 is 0 Å². The van der Waals surface area contributed by atoms with Crippen molar-refractivity contribution in [3.05, 3.63) is 60.5 Å². The Balaban J connectivity index is 1.98. The Labute approximate surface area is 88.1 Å². The normalized spacial score (nSPS) is 18.8. The van der Waals surface area contributed by atoms with Gasteiger partial charge in [-0.1, -0.05) is 30.3 Å². The summed E-state index contributed by atoms with van der Waals surface area (Å²) < 4.78 is 5.11. The van der Waals surface area contributed by atoms with Crippen molar-refractivity contribution in [1.29, 1.82) is 0 Å². The lowest BCUT2D eigenvalue weighted by molar-refractivity contribution is 0.104. The number of allylic oxidation sites excluding steroid dienone is 1. The summed E-state index contributed by atoms with van der Waals surface area (Å²) in [6.45, 7) is 0. The van der Waals surface area contributed by atoms with Gasteiger partial charge in [-0.05, 0) is 12.2 Å². The molecule has 15 heavy (non-hydrogen) atoms. The van der Waals surface area contributed by atoms with Crippen molar-refractivity contribution in [2.24, 2.45) is 0 Å². The van der Waals surface area contributed by atoms with Gasteiger partial charge in [0.05, 0.1) is 0 Å². The van der Waals surface area contributed by atoms with Gasteiger partial charge in [0, 0.05) is 11.8 Å². The van der Waals surface area contributed by atoms with Crippen LogP contribution < -0.4 is 5.32 Å². The Morgan fingerprint density at radius 1 is 1.33 bits per heavy atom. The SMILES string of the molecule is O=C(/C=C/C1NC=CO1)c1ccccc1. The van der Waals surface area contributed by atoms with Crippen LogP contribution in [-0.4, -0.2) is 12.0 Å². The first kappa shape index (κ1) is 9.52. The number of carbonyl (C=O) groups excluding carboxylic acids is 1. The number of carbonyl (C=O) groups is 1. The molecule has 1 aromatic carbocycles. The van der Waals surface area contributed by atoms with E-state index < -0.39 is 0 Å². The summed E-state index contributed by atoms with van der Waals surface area (Å²) in [7, 11) is 0. The number of benzene rings is 1. The highest BCUT2D eigenvalue weighted by Crippen LogP contribution is 2.03. The van der Waals surface area contributed by atoms with Crippen LogP contribution in [0.15, 0.2) is 54.9 Å². The van der Waals surface area contributed by atoms with Gasteiger partial charge in [0.1, 0.15) is 6.26 Å². The van der Waals surface area contributed by atoms with Gasteiger partial charge in [-0.3, -0.25) is 4.79 Å². The summed E-state index contributed by atoms with van der Waals surface area (Å²) in [5.74, 6) is -0.0205. The van der Waals surface area contributed by atoms with Gasteiger partial charge in [0.25, 0.3) is 0 Å². The summed E-state index contributed by atoms with van der Waals surface area (Å²) in [6.07, 6.45) is 6.23. The molecule has 1 aliphatic heterocycles. The van der Waals surface area contributed by atoms with E-state index in [4.69, 9.17) is 4.74 Å². The molecule has 0 amide bonds. The minimum absolute atomic E-state index is 0.0205. The minimum atomic E-state index is -0.224. The average molecular weight is 201 g/mol. The van der Waals surface area contributed by atoms with Gasteiger partial charge in [0.15, 0.2) is 12.0 Å². The molecule has 0 aliphatic carbocycles. The van der Waals surface area contributed by atoms with E-state index in [-0.39, 0.29) is 12.0 Å². The van der Waals surface area contributed by atoms with E-state index in [0.29, 0.717) is 5.56 Å². The number of hydrogen-bond donors (Lipinski definition) is 1. The fraction of sp³-hybridized carbons (Fsp3) is 0.0833. The molecule has 3 heteroatoms. The highest BCUT2D eigenvalue weighted by atomic mass is 16.5. The van der Waals surface area contributed by atoms with Gasteiger partial charge in [-0.15, -0.1) is 0 Å². The summed E-state index contributed by atoms with van der Waals surface area (Å²) in [5, 5.41) is 2.92. The van der Waals surface area contributed by atoms with E-state index in [2.05, 4.69) is 5.32 Å². The molecule has 1 atom stereocenters. The Kier molecular flexibility index (Phi) is 2.83. The molecular formula is C12H11NO2. The van der Waals surface area contributed by atoms with E-state index in [0.717, 1.165) is 0 Å². The molecule has 0 bridgehead atoms. The second-order valence-corrected chi connectivity index (χ2v) is 3.12. The number of hydrogen-bond acceptors (Lipinski definition) is 3. The maximum absolute atomic E-state index is 11.6. The summed E-state index contributed by atoms with van der Waals surface area (Å²) in [6, 6.07) is 9.13. The van der Waals surface area contributed by atoms with Crippen molar-refractivity contribution < 1.29 is 9.53 Å². The largest absolute Gasteiger partial charge is 0.473 e. The zero-order valence-corrected chi connectivity index (χ0v) is 8.09. The number of nitrogens with one attached hydrogen (secondary N) is 1. The molecule has 1 aromatic rings. The summed E-state index contributed by atoms with van der Waals surface area (Å²) >= 11 is 0. The number of rotatable bonds is 3. The third-order valence-electron chi connectivity index (χ3n) is 2.03. The van der Waals surface area contributed by atoms with Crippen LogP contribution in [0.25, 0.3) is 0 Å². The van der Waals surface area contributed by atoms with E-state index in [1.165, 1.54) is 6.08 Å². The molecule has 76 valence electrons. The lowest BCUT2D eigenvalue weighted by Gasteiger charge is -2.03. The van der Waals surface area contributed by atoms with E-state index in [1.807, 2.05) is 18.2 Å². The van der Waals surface area contributed by atoms with Crippen LogP contribution in [0.4, 0.5) is 0 Å². The van der Waals surface area contributed by atoms with Crippen LogP contribution in [0, 0.1) is 0 Å². The van der Waals surface area contributed by atoms with Crippen molar-refractivity contribution >= 4 is 5.78 Å². The van der Waals surface area contributed by atoms with E-state index >= 15 is 0 Å². The topological polar surface area (TPSA) is 38.3 Å². The molecule has 0 aromatic heterocycles. The molecule has 0 saturated carbocycles.